The van der Waals surface area contributed by atoms with Crippen LogP contribution in [0, 0.1) is 5.92 Å². The smallest absolute Gasteiger partial charge is 0.289 e. The van der Waals surface area contributed by atoms with E-state index >= 15 is 0 Å². The van der Waals surface area contributed by atoms with E-state index in [9.17, 15) is 4.79 Å². The van der Waals surface area contributed by atoms with Crippen LogP contribution in [0.5, 0.6) is 0 Å². The van der Waals surface area contributed by atoms with E-state index in [2.05, 4.69) is 19.7 Å². The molecule has 0 bridgehead atoms. The van der Waals surface area contributed by atoms with Crippen LogP contribution in [-0.4, -0.2) is 82.0 Å². The van der Waals surface area contributed by atoms with E-state index in [0.29, 0.717) is 11.7 Å². The van der Waals surface area contributed by atoms with E-state index in [1.54, 1.807) is 6.20 Å². The highest BCUT2D eigenvalue weighted by atomic mass is 16.2. The minimum absolute atomic E-state index is 0.104. The van der Waals surface area contributed by atoms with Gasteiger partial charge in [-0.25, -0.2) is 4.98 Å². The molecule has 0 aromatic carbocycles. The van der Waals surface area contributed by atoms with Crippen LogP contribution in [0.4, 0.5) is 0 Å². The number of aromatic nitrogens is 2. The number of imidazole rings is 1. The molecule has 1 aromatic heterocycles. The van der Waals surface area contributed by atoms with E-state index in [1.807, 2.05) is 17.8 Å². The van der Waals surface area contributed by atoms with Crippen molar-refractivity contribution in [1.29, 1.82) is 0 Å². The molecule has 3 aliphatic rings. The molecule has 2 saturated heterocycles. The maximum Gasteiger partial charge on any atom is 0.289 e. The van der Waals surface area contributed by atoms with Gasteiger partial charge in [-0.05, 0) is 64.1 Å². The molecule has 0 radical (unpaired) electrons. The van der Waals surface area contributed by atoms with E-state index in [1.165, 1.54) is 84.0 Å². The van der Waals surface area contributed by atoms with Crippen LogP contribution in [-0.2, 0) is 7.05 Å². The number of piperidine rings is 2. The van der Waals surface area contributed by atoms with E-state index in [4.69, 9.17) is 0 Å². The molecular formula is C23H39N5O. The largest absolute Gasteiger partial charge is 0.334 e. The Hall–Kier alpha value is -1.40. The van der Waals surface area contributed by atoms with Crippen LogP contribution in [0.1, 0.15) is 68.4 Å². The number of carbonyl (C=O) groups excluding carboxylic acids is 1. The summed E-state index contributed by atoms with van der Waals surface area (Å²) >= 11 is 0. The molecule has 1 aliphatic carbocycles. The highest BCUT2D eigenvalue weighted by Gasteiger charge is 2.30. The lowest BCUT2D eigenvalue weighted by Crippen LogP contribution is -2.48. The zero-order valence-electron chi connectivity index (χ0n) is 18.3. The number of likely N-dealkylation sites (tertiary alicyclic amines) is 2. The first-order valence-corrected chi connectivity index (χ1v) is 11.9. The molecule has 6 heteroatoms. The summed E-state index contributed by atoms with van der Waals surface area (Å²) in [5.74, 6) is 1.27. The van der Waals surface area contributed by atoms with E-state index < -0.39 is 0 Å². The van der Waals surface area contributed by atoms with Gasteiger partial charge in [0.25, 0.3) is 5.91 Å². The topological polar surface area (TPSA) is 44.6 Å². The van der Waals surface area contributed by atoms with Crippen molar-refractivity contribution in [2.24, 2.45) is 13.0 Å². The zero-order chi connectivity index (χ0) is 20.1. The first kappa shape index (κ1) is 20.9. The quantitative estimate of drug-likeness (QED) is 0.705. The molecule has 3 heterocycles. The Bertz CT molecular complexity index is 647. The van der Waals surface area contributed by atoms with Crippen LogP contribution < -0.4 is 0 Å². The summed E-state index contributed by atoms with van der Waals surface area (Å²) in [4.78, 5) is 25.0. The molecule has 0 unspecified atom stereocenters. The van der Waals surface area contributed by atoms with Gasteiger partial charge in [-0.15, -0.1) is 0 Å². The summed E-state index contributed by atoms with van der Waals surface area (Å²) in [6, 6.07) is 0.796. The SMILES string of the molecule is Cn1ccnc1C(=O)N(CCN1CCCCC1)C[C@H]1CCCN(C2CCCC2)C1. The summed E-state index contributed by atoms with van der Waals surface area (Å²) in [5, 5.41) is 0. The molecule has 1 amide bonds. The Morgan fingerprint density at radius 3 is 2.59 bits per heavy atom. The number of aryl methyl sites for hydroxylation is 1. The highest BCUT2D eigenvalue weighted by molar-refractivity contribution is 5.90. The molecule has 2 aliphatic heterocycles. The van der Waals surface area contributed by atoms with E-state index in [-0.39, 0.29) is 5.91 Å². The lowest BCUT2D eigenvalue weighted by Gasteiger charge is -2.39. The number of carbonyl (C=O) groups is 1. The van der Waals surface area contributed by atoms with Gasteiger partial charge < -0.3 is 19.3 Å². The molecule has 1 saturated carbocycles. The third-order valence-corrected chi connectivity index (χ3v) is 7.30. The van der Waals surface area contributed by atoms with Crippen LogP contribution in [0.25, 0.3) is 0 Å². The number of hydrogen-bond acceptors (Lipinski definition) is 4. The normalized spacial score (nSPS) is 24.8. The van der Waals surface area contributed by atoms with Gasteiger partial charge in [0, 0.05) is 51.7 Å². The molecule has 6 nitrogen and oxygen atoms in total. The fourth-order valence-corrected chi connectivity index (χ4v) is 5.59. The summed E-state index contributed by atoms with van der Waals surface area (Å²) in [6.45, 7) is 7.48. The number of rotatable bonds is 7. The Kier molecular flexibility index (Phi) is 7.24. The molecule has 1 aromatic rings. The van der Waals surface area contributed by atoms with E-state index in [0.717, 1.165) is 25.7 Å². The highest BCUT2D eigenvalue weighted by Crippen LogP contribution is 2.28. The fraction of sp³-hybridized carbons (Fsp3) is 0.826. The lowest BCUT2D eigenvalue weighted by molar-refractivity contribution is 0.0596. The summed E-state index contributed by atoms with van der Waals surface area (Å²) in [5.41, 5.74) is 0. The second-order valence-electron chi connectivity index (χ2n) is 9.46. The van der Waals surface area contributed by atoms with Gasteiger partial charge in [0.15, 0.2) is 5.82 Å². The monoisotopic (exact) mass is 401 g/mol. The van der Waals surface area contributed by atoms with Gasteiger partial charge in [-0.2, -0.15) is 0 Å². The number of nitrogens with zero attached hydrogens (tertiary/aromatic N) is 5. The van der Waals surface area contributed by atoms with Crippen molar-refractivity contribution < 1.29 is 4.79 Å². The van der Waals surface area contributed by atoms with Crippen LogP contribution in [0.15, 0.2) is 12.4 Å². The summed E-state index contributed by atoms with van der Waals surface area (Å²) < 4.78 is 1.86. The van der Waals surface area contributed by atoms with Crippen molar-refractivity contribution in [3.05, 3.63) is 18.2 Å². The van der Waals surface area contributed by atoms with Gasteiger partial charge in [-0.3, -0.25) is 4.79 Å². The van der Waals surface area contributed by atoms with Gasteiger partial charge in [0.05, 0.1) is 0 Å². The second-order valence-corrected chi connectivity index (χ2v) is 9.46. The standard InChI is InChI=1S/C23H39N5O/c1-25-15-11-24-22(25)23(29)28(17-16-26-12-5-2-6-13-26)19-20-8-7-14-27(18-20)21-9-3-4-10-21/h11,15,20-21H,2-10,12-14,16-19H2,1H3/t20-/m0/s1. The van der Waals surface area contributed by atoms with Crippen molar-refractivity contribution in [2.75, 3.05) is 45.8 Å². The van der Waals surface area contributed by atoms with Crippen LogP contribution >= 0.6 is 0 Å². The molecule has 4 rings (SSSR count). The van der Waals surface area contributed by atoms with Crippen molar-refractivity contribution in [2.45, 2.75) is 63.8 Å². The molecular weight excluding hydrogens is 362 g/mol. The minimum Gasteiger partial charge on any atom is -0.334 e. The average Bonchev–Trinajstić information content (AvgIpc) is 3.43. The Morgan fingerprint density at radius 2 is 1.86 bits per heavy atom. The summed E-state index contributed by atoms with van der Waals surface area (Å²) in [6.07, 6.45) is 15.6. The first-order chi connectivity index (χ1) is 14.2. The second kappa shape index (κ2) is 10.1. The van der Waals surface area contributed by atoms with Gasteiger partial charge in [0.2, 0.25) is 0 Å². The van der Waals surface area contributed by atoms with Gasteiger partial charge >= 0.3 is 0 Å². The molecule has 3 fully saturated rings. The fourth-order valence-electron chi connectivity index (χ4n) is 5.59. The Balaban J connectivity index is 1.39. The van der Waals surface area contributed by atoms with Crippen molar-refractivity contribution in [3.8, 4) is 0 Å². The van der Waals surface area contributed by atoms with Crippen LogP contribution in [0.2, 0.25) is 0 Å². The molecule has 29 heavy (non-hydrogen) atoms. The third kappa shape index (κ3) is 5.40. The van der Waals surface area contributed by atoms with Crippen molar-refractivity contribution >= 4 is 5.91 Å². The zero-order valence-corrected chi connectivity index (χ0v) is 18.3. The molecule has 1 atom stereocenters. The maximum atomic E-state index is 13.3. The van der Waals surface area contributed by atoms with Gasteiger partial charge in [-0.1, -0.05) is 19.3 Å². The number of hydrogen-bond donors (Lipinski definition) is 0. The number of amides is 1. The molecule has 0 N–H and O–H groups in total. The Morgan fingerprint density at radius 1 is 1.07 bits per heavy atom. The summed E-state index contributed by atoms with van der Waals surface area (Å²) in [7, 11) is 1.92. The lowest BCUT2D eigenvalue weighted by atomic mass is 9.95. The predicted molar refractivity (Wildman–Crippen MR) is 116 cm³/mol. The van der Waals surface area contributed by atoms with Crippen LogP contribution in [0.3, 0.4) is 0 Å². The maximum absolute atomic E-state index is 13.3. The minimum atomic E-state index is 0.104. The predicted octanol–water partition coefficient (Wildman–Crippen LogP) is 3.00. The van der Waals surface area contributed by atoms with Crippen molar-refractivity contribution in [1.82, 2.24) is 24.3 Å². The molecule has 0 spiro atoms. The third-order valence-electron chi connectivity index (χ3n) is 7.30. The van der Waals surface area contributed by atoms with Crippen molar-refractivity contribution in [3.63, 3.8) is 0 Å². The van der Waals surface area contributed by atoms with Gasteiger partial charge in [0.1, 0.15) is 0 Å². The first-order valence-electron chi connectivity index (χ1n) is 11.9. The molecule has 162 valence electrons. The average molecular weight is 402 g/mol. The Labute approximate surface area is 176 Å².